The molecule has 0 spiro atoms. The van der Waals surface area contributed by atoms with Gasteiger partial charge in [0, 0.05) is 56.8 Å². The number of hydrogen-bond donors (Lipinski definition) is 3. The van der Waals surface area contributed by atoms with Crippen LogP contribution < -0.4 is 10.6 Å². The van der Waals surface area contributed by atoms with Crippen LogP contribution in [0.15, 0.2) is 0 Å². The van der Waals surface area contributed by atoms with E-state index in [1.807, 2.05) is 4.90 Å². The highest BCUT2D eigenvalue weighted by molar-refractivity contribution is 5.94. The molecule has 126 valence electrons. The SMILES string of the molecule is O=C(NCCC(=O)N1CCCCCC1)c1n[nH]c2c1CNCC2. The summed E-state index contributed by atoms with van der Waals surface area (Å²) in [7, 11) is 0. The Morgan fingerprint density at radius 3 is 2.74 bits per heavy atom. The van der Waals surface area contributed by atoms with Gasteiger partial charge >= 0.3 is 0 Å². The number of nitrogens with zero attached hydrogens (tertiary/aromatic N) is 2. The van der Waals surface area contributed by atoms with Gasteiger partial charge in [-0.3, -0.25) is 14.7 Å². The fourth-order valence-corrected chi connectivity index (χ4v) is 3.26. The molecule has 3 N–H and O–H groups in total. The lowest BCUT2D eigenvalue weighted by Crippen LogP contribution is -2.35. The maximum absolute atomic E-state index is 12.2. The molecular formula is C16H25N5O2. The van der Waals surface area contributed by atoms with Gasteiger partial charge in [0.2, 0.25) is 5.91 Å². The minimum absolute atomic E-state index is 0.137. The third-order valence-corrected chi connectivity index (χ3v) is 4.60. The number of amides is 2. The Hall–Kier alpha value is -1.89. The van der Waals surface area contributed by atoms with Crippen LogP contribution in [0.4, 0.5) is 0 Å². The van der Waals surface area contributed by atoms with E-state index < -0.39 is 0 Å². The van der Waals surface area contributed by atoms with Gasteiger partial charge in [0.1, 0.15) is 0 Å². The van der Waals surface area contributed by atoms with Crippen LogP contribution in [0.5, 0.6) is 0 Å². The highest BCUT2D eigenvalue weighted by Crippen LogP contribution is 2.15. The van der Waals surface area contributed by atoms with Crippen LogP contribution in [0.2, 0.25) is 0 Å². The van der Waals surface area contributed by atoms with Gasteiger partial charge < -0.3 is 15.5 Å². The lowest BCUT2D eigenvalue weighted by Gasteiger charge is -2.20. The summed E-state index contributed by atoms with van der Waals surface area (Å²) in [5.41, 5.74) is 2.44. The quantitative estimate of drug-likeness (QED) is 0.757. The number of carbonyl (C=O) groups excluding carboxylic acids is 2. The number of aromatic nitrogens is 2. The van der Waals surface area contributed by atoms with E-state index >= 15 is 0 Å². The molecule has 0 atom stereocenters. The summed E-state index contributed by atoms with van der Waals surface area (Å²) in [6, 6.07) is 0. The summed E-state index contributed by atoms with van der Waals surface area (Å²) in [4.78, 5) is 26.4. The molecule has 0 radical (unpaired) electrons. The fourth-order valence-electron chi connectivity index (χ4n) is 3.26. The van der Waals surface area contributed by atoms with Crippen LogP contribution in [-0.2, 0) is 17.8 Å². The van der Waals surface area contributed by atoms with Crippen molar-refractivity contribution in [3.05, 3.63) is 17.0 Å². The van der Waals surface area contributed by atoms with Crippen molar-refractivity contribution in [2.24, 2.45) is 0 Å². The molecule has 2 aliphatic rings. The van der Waals surface area contributed by atoms with Gasteiger partial charge in [0.25, 0.3) is 5.91 Å². The summed E-state index contributed by atoms with van der Waals surface area (Å²) in [5.74, 6) is -0.0622. The summed E-state index contributed by atoms with van der Waals surface area (Å²) in [5, 5.41) is 13.1. The Kier molecular flexibility index (Phi) is 5.27. The van der Waals surface area contributed by atoms with Crippen molar-refractivity contribution in [3.63, 3.8) is 0 Å². The van der Waals surface area contributed by atoms with Gasteiger partial charge in [-0.25, -0.2) is 0 Å². The first-order valence-electron chi connectivity index (χ1n) is 8.58. The molecule has 1 fully saturated rings. The minimum atomic E-state index is -0.199. The number of aromatic amines is 1. The van der Waals surface area contributed by atoms with Crippen LogP contribution in [0.25, 0.3) is 0 Å². The number of carbonyl (C=O) groups is 2. The molecular weight excluding hydrogens is 294 g/mol. The van der Waals surface area contributed by atoms with Gasteiger partial charge in [-0.05, 0) is 12.8 Å². The Labute approximate surface area is 136 Å². The van der Waals surface area contributed by atoms with E-state index in [1.54, 1.807) is 0 Å². The minimum Gasteiger partial charge on any atom is -0.350 e. The molecule has 1 aromatic heterocycles. The smallest absolute Gasteiger partial charge is 0.272 e. The van der Waals surface area contributed by atoms with Crippen molar-refractivity contribution in [2.45, 2.75) is 45.1 Å². The molecule has 0 unspecified atom stereocenters. The molecule has 2 amide bonds. The molecule has 7 heteroatoms. The Morgan fingerprint density at radius 2 is 1.96 bits per heavy atom. The standard InChI is InChI=1S/C16H25N5O2/c22-14(21-9-3-1-2-4-10-21)6-8-18-16(23)15-12-11-17-7-5-13(12)19-20-15/h17H,1-11H2,(H,18,23)(H,19,20). The predicted octanol–water partition coefficient (Wildman–Crippen LogP) is 0.578. The van der Waals surface area contributed by atoms with E-state index in [0.717, 1.165) is 50.2 Å². The maximum atomic E-state index is 12.2. The van der Waals surface area contributed by atoms with E-state index in [1.165, 1.54) is 12.8 Å². The zero-order chi connectivity index (χ0) is 16.1. The molecule has 2 aliphatic heterocycles. The largest absolute Gasteiger partial charge is 0.350 e. The number of fused-ring (bicyclic) bond motifs is 1. The third kappa shape index (κ3) is 3.90. The average molecular weight is 319 g/mol. The van der Waals surface area contributed by atoms with Crippen molar-refractivity contribution >= 4 is 11.8 Å². The van der Waals surface area contributed by atoms with E-state index in [4.69, 9.17) is 0 Å². The summed E-state index contributed by atoms with van der Waals surface area (Å²) < 4.78 is 0. The van der Waals surface area contributed by atoms with E-state index in [9.17, 15) is 9.59 Å². The highest BCUT2D eigenvalue weighted by atomic mass is 16.2. The Balaban J connectivity index is 1.47. The van der Waals surface area contributed by atoms with E-state index in [-0.39, 0.29) is 11.8 Å². The van der Waals surface area contributed by atoms with Gasteiger partial charge in [-0.1, -0.05) is 12.8 Å². The Morgan fingerprint density at radius 1 is 1.17 bits per heavy atom. The second kappa shape index (κ2) is 7.59. The fraction of sp³-hybridized carbons (Fsp3) is 0.688. The molecule has 23 heavy (non-hydrogen) atoms. The second-order valence-electron chi connectivity index (χ2n) is 6.26. The van der Waals surface area contributed by atoms with Crippen LogP contribution in [0.3, 0.4) is 0 Å². The molecule has 0 bridgehead atoms. The summed E-state index contributed by atoms with van der Waals surface area (Å²) in [6.07, 6.45) is 5.81. The number of hydrogen-bond acceptors (Lipinski definition) is 4. The average Bonchev–Trinajstić information content (AvgIpc) is 2.80. The van der Waals surface area contributed by atoms with Gasteiger partial charge in [0.15, 0.2) is 5.69 Å². The van der Waals surface area contributed by atoms with Crippen molar-refractivity contribution in [1.82, 2.24) is 25.7 Å². The molecule has 0 aromatic carbocycles. The molecule has 7 nitrogen and oxygen atoms in total. The van der Waals surface area contributed by atoms with Gasteiger partial charge in [-0.15, -0.1) is 0 Å². The van der Waals surface area contributed by atoms with Crippen molar-refractivity contribution in [2.75, 3.05) is 26.2 Å². The van der Waals surface area contributed by atoms with E-state index in [0.29, 0.717) is 25.2 Å². The first-order chi connectivity index (χ1) is 11.3. The molecule has 3 heterocycles. The molecule has 0 aliphatic carbocycles. The van der Waals surface area contributed by atoms with Crippen LogP contribution in [-0.4, -0.2) is 53.1 Å². The molecule has 3 rings (SSSR count). The topological polar surface area (TPSA) is 90.1 Å². The normalized spacial score (nSPS) is 18.2. The number of rotatable bonds is 4. The first-order valence-corrected chi connectivity index (χ1v) is 8.58. The first kappa shape index (κ1) is 16.0. The second-order valence-corrected chi connectivity index (χ2v) is 6.26. The monoisotopic (exact) mass is 319 g/mol. The van der Waals surface area contributed by atoms with Crippen LogP contribution in [0.1, 0.15) is 53.8 Å². The van der Waals surface area contributed by atoms with Gasteiger partial charge in [0.05, 0.1) is 0 Å². The number of H-pyrrole nitrogens is 1. The number of likely N-dealkylation sites (tertiary alicyclic amines) is 1. The van der Waals surface area contributed by atoms with Crippen LogP contribution in [0, 0.1) is 0 Å². The van der Waals surface area contributed by atoms with Crippen LogP contribution >= 0.6 is 0 Å². The molecule has 1 saturated heterocycles. The highest BCUT2D eigenvalue weighted by Gasteiger charge is 2.22. The number of nitrogens with one attached hydrogen (secondary N) is 3. The zero-order valence-electron chi connectivity index (χ0n) is 13.5. The third-order valence-electron chi connectivity index (χ3n) is 4.60. The van der Waals surface area contributed by atoms with Gasteiger partial charge in [-0.2, -0.15) is 5.10 Å². The lowest BCUT2D eigenvalue weighted by atomic mass is 10.1. The Bertz CT molecular complexity index is 561. The summed E-state index contributed by atoms with van der Waals surface area (Å²) >= 11 is 0. The van der Waals surface area contributed by atoms with Crippen molar-refractivity contribution < 1.29 is 9.59 Å². The lowest BCUT2D eigenvalue weighted by molar-refractivity contribution is -0.131. The zero-order valence-corrected chi connectivity index (χ0v) is 13.5. The summed E-state index contributed by atoms with van der Waals surface area (Å²) in [6.45, 7) is 3.64. The molecule has 1 aromatic rings. The van der Waals surface area contributed by atoms with Crippen molar-refractivity contribution in [3.8, 4) is 0 Å². The van der Waals surface area contributed by atoms with Crippen molar-refractivity contribution in [1.29, 1.82) is 0 Å². The maximum Gasteiger partial charge on any atom is 0.272 e. The predicted molar refractivity (Wildman–Crippen MR) is 86.0 cm³/mol. The molecule has 0 saturated carbocycles. The van der Waals surface area contributed by atoms with E-state index in [2.05, 4.69) is 20.8 Å².